The quantitative estimate of drug-likeness (QED) is 0.794. The lowest BCUT2D eigenvalue weighted by Crippen LogP contribution is -2.27. The molecule has 3 rings (SSSR count). The Morgan fingerprint density at radius 1 is 1.28 bits per heavy atom. The Morgan fingerprint density at radius 2 is 2.00 bits per heavy atom. The highest BCUT2D eigenvalue weighted by atomic mass is 16.7. The molecule has 5 heteroatoms. The fourth-order valence-corrected chi connectivity index (χ4v) is 2.74. The van der Waals surface area contributed by atoms with Crippen LogP contribution in [0.25, 0.3) is 0 Å². The van der Waals surface area contributed by atoms with E-state index in [1.54, 1.807) is 0 Å². The van der Waals surface area contributed by atoms with Crippen molar-refractivity contribution >= 4 is 11.9 Å². The van der Waals surface area contributed by atoms with Crippen LogP contribution < -0.4 is 0 Å². The van der Waals surface area contributed by atoms with Gasteiger partial charge in [-0.25, -0.2) is 4.79 Å². The standard InChI is InChI=1S/C13H12O5/c14-9-6-8-10(7-4-2-1-3-5-7)11(12(15)16)18-13(8)17-9/h1-5,8,10-11,13H,6H2,(H,15,16)/t8-,10-,11+,13+/m0/s1. The van der Waals surface area contributed by atoms with Crippen LogP contribution in [0.4, 0.5) is 0 Å². The summed E-state index contributed by atoms with van der Waals surface area (Å²) in [5.74, 6) is -1.88. The molecule has 2 aliphatic rings. The van der Waals surface area contributed by atoms with Gasteiger partial charge in [-0.3, -0.25) is 4.79 Å². The summed E-state index contributed by atoms with van der Waals surface area (Å²) in [6, 6.07) is 9.27. The molecule has 2 heterocycles. The number of carboxylic acid groups (broad SMARTS) is 1. The van der Waals surface area contributed by atoms with Crippen LogP contribution in [0.15, 0.2) is 30.3 Å². The number of carboxylic acids is 1. The first-order chi connectivity index (χ1) is 8.66. The average molecular weight is 248 g/mol. The average Bonchev–Trinajstić information content (AvgIpc) is 2.85. The molecule has 0 saturated carbocycles. The third-order valence-electron chi connectivity index (χ3n) is 3.50. The Hall–Kier alpha value is -1.88. The van der Waals surface area contributed by atoms with Gasteiger partial charge >= 0.3 is 11.9 Å². The number of esters is 1. The highest BCUT2D eigenvalue weighted by molar-refractivity contribution is 5.77. The number of hydrogen-bond donors (Lipinski definition) is 1. The molecule has 0 amide bonds. The van der Waals surface area contributed by atoms with Gasteiger partial charge in [-0.15, -0.1) is 0 Å². The van der Waals surface area contributed by atoms with Gasteiger partial charge in [0.05, 0.1) is 6.42 Å². The first kappa shape index (κ1) is 11.2. The minimum Gasteiger partial charge on any atom is -0.479 e. The van der Waals surface area contributed by atoms with E-state index in [0.717, 1.165) is 5.56 Å². The number of hydrogen-bond acceptors (Lipinski definition) is 4. The van der Waals surface area contributed by atoms with Crippen LogP contribution >= 0.6 is 0 Å². The molecule has 2 fully saturated rings. The van der Waals surface area contributed by atoms with E-state index in [2.05, 4.69) is 0 Å². The van der Waals surface area contributed by atoms with Crippen molar-refractivity contribution in [3.63, 3.8) is 0 Å². The monoisotopic (exact) mass is 248 g/mol. The lowest BCUT2D eigenvalue weighted by atomic mass is 9.83. The molecule has 0 spiro atoms. The van der Waals surface area contributed by atoms with Crippen molar-refractivity contribution in [3.8, 4) is 0 Å². The zero-order chi connectivity index (χ0) is 12.7. The highest BCUT2D eigenvalue weighted by Gasteiger charge is 2.54. The lowest BCUT2D eigenvalue weighted by Gasteiger charge is -2.18. The number of fused-ring (bicyclic) bond motifs is 1. The number of carbonyl (C=O) groups is 2. The largest absolute Gasteiger partial charge is 0.479 e. The van der Waals surface area contributed by atoms with E-state index in [-0.39, 0.29) is 24.2 Å². The molecule has 1 N–H and O–H groups in total. The zero-order valence-corrected chi connectivity index (χ0v) is 9.48. The van der Waals surface area contributed by atoms with Gasteiger partial charge in [0.15, 0.2) is 6.10 Å². The van der Waals surface area contributed by atoms with Crippen LogP contribution in [0.1, 0.15) is 17.9 Å². The molecule has 2 saturated heterocycles. The maximum absolute atomic E-state index is 11.3. The minimum atomic E-state index is -1.02. The number of ether oxygens (including phenoxy) is 2. The normalized spacial score (nSPS) is 34.1. The van der Waals surface area contributed by atoms with Crippen LogP contribution in [0.5, 0.6) is 0 Å². The predicted octanol–water partition coefficient (Wildman–Crippen LogP) is 1.14. The van der Waals surface area contributed by atoms with E-state index in [4.69, 9.17) is 9.47 Å². The molecule has 0 unspecified atom stereocenters. The number of benzene rings is 1. The van der Waals surface area contributed by atoms with Crippen molar-refractivity contribution in [2.75, 3.05) is 0 Å². The van der Waals surface area contributed by atoms with E-state index < -0.39 is 18.4 Å². The fraction of sp³-hybridized carbons (Fsp3) is 0.385. The van der Waals surface area contributed by atoms with Gasteiger partial charge in [0.1, 0.15) is 0 Å². The second-order valence-corrected chi connectivity index (χ2v) is 4.56. The number of rotatable bonds is 2. The predicted molar refractivity (Wildman–Crippen MR) is 59.7 cm³/mol. The van der Waals surface area contributed by atoms with Gasteiger partial charge in [0.2, 0.25) is 6.29 Å². The van der Waals surface area contributed by atoms with Gasteiger partial charge in [0.25, 0.3) is 0 Å². The smallest absolute Gasteiger partial charge is 0.333 e. The Kier molecular flexibility index (Phi) is 2.56. The summed E-state index contributed by atoms with van der Waals surface area (Å²) in [5.41, 5.74) is 0.871. The summed E-state index contributed by atoms with van der Waals surface area (Å²) in [5, 5.41) is 9.20. The van der Waals surface area contributed by atoms with Crippen LogP contribution in [-0.4, -0.2) is 29.4 Å². The van der Waals surface area contributed by atoms with Gasteiger partial charge < -0.3 is 14.6 Å². The SMILES string of the molecule is O=C1C[C@@H]2[C@H](O1)O[C@@H](C(=O)O)[C@H]2c1ccccc1. The van der Waals surface area contributed by atoms with E-state index in [9.17, 15) is 14.7 Å². The van der Waals surface area contributed by atoms with Gasteiger partial charge in [0, 0.05) is 11.8 Å². The van der Waals surface area contributed by atoms with Crippen molar-refractivity contribution in [2.45, 2.75) is 24.7 Å². The second-order valence-electron chi connectivity index (χ2n) is 4.56. The third-order valence-corrected chi connectivity index (χ3v) is 3.50. The molecule has 0 bridgehead atoms. The molecule has 94 valence electrons. The summed E-state index contributed by atoms with van der Waals surface area (Å²) >= 11 is 0. The van der Waals surface area contributed by atoms with Crippen molar-refractivity contribution < 1.29 is 24.2 Å². The lowest BCUT2D eigenvalue weighted by molar-refractivity contribution is -0.175. The molecule has 5 nitrogen and oxygen atoms in total. The first-order valence-electron chi connectivity index (χ1n) is 5.79. The summed E-state index contributed by atoms with van der Waals surface area (Å²) in [6.45, 7) is 0. The van der Waals surface area contributed by atoms with Crippen molar-refractivity contribution in [2.24, 2.45) is 5.92 Å². The van der Waals surface area contributed by atoms with Gasteiger partial charge in [-0.05, 0) is 5.56 Å². The molecule has 4 atom stereocenters. The maximum Gasteiger partial charge on any atom is 0.333 e. The summed E-state index contributed by atoms with van der Waals surface area (Å²) in [7, 11) is 0. The molecule has 0 aliphatic carbocycles. The van der Waals surface area contributed by atoms with E-state index in [0.29, 0.717) is 0 Å². The summed E-state index contributed by atoms with van der Waals surface area (Å²) < 4.78 is 10.3. The van der Waals surface area contributed by atoms with Gasteiger partial charge in [-0.2, -0.15) is 0 Å². The van der Waals surface area contributed by atoms with Gasteiger partial charge in [-0.1, -0.05) is 30.3 Å². The van der Waals surface area contributed by atoms with E-state index in [1.165, 1.54) is 0 Å². The first-order valence-corrected chi connectivity index (χ1v) is 5.79. The van der Waals surface area contributed by atoms with Crippen molar-refractivity contribution in [1.29, 1.82) is 0 Å². The van der Waals surface area contributed by atoms with Crippen molar-refractivity contribution in [3.05, 3.63) is 35.9 Å². The number of aliphatic carboxylic acids is 1. The molecular formula is C13H12O5. The molecule has 1 aromatic carbocycles. The Bertz CT molecular complexity index is 483. The highest BCUT2D eigenvalue weighted by Crippen LogP contribution is 2.45. The minimum absolute atomic E-state index is 0.207. The molecule has 1 aromatic rings. The van der Waals surface area contributed by atoms with Crippen LogP contribution in [0.3, 0.4) is 0 Å². The molecule has 0 aromatic heterocycles. The number of carbonyl (C=O) groups excluding carboxylic acids is 1. The Labute approximate surface area is 103 Å². The topological polar surface area (TPSA) is 72.8 Å². The second kappa shape index (κ2) is 4.10. The molecular weight excluding hydrogens is 236 g/mol. The zero-order valence-electron chi connectivity index (χ0n) is 9.48. The Morgan fingerprint density at radius 3 is 2.67 bits per heavy atom. The summed E-state index contributed by atoms with van der Waals surface area (Å²) in [6.07, 6.45) is -1.45. The Balaban J connectivity index is 1.97. The maximum atomic E-state index is 11.3. The van der Waals surface area contributed by atoms with Crippen molar-refractivity contribution in [1.82, 2.24) is 0 Å². The third kappa shape index (κ3) is 1.67. The van der Waals surface area contributed by atoms with E-state index in [1.807, 2.05) is 30.3 Å². The fourth-order valence-electron chi connectivity index (χ4n) is 2.74. The molecule has 2 aliphatic heterocycles. The molecule has 0 radical (unpaired) electrons. The summed E-state index contributed by atoms with van der Waals surface area (Å²) in [4.78, 5) is 22.5. The molecule has 18 heavy (non-hydrogen) atoms. The van der Waals surface area contributed by atoms with Crippen LogP contribution in [-0.2, 0) is 19.1 Å². The van der Waals surface area contributed by atoms with Crippen LogP contribution in [0.2, 0.25) is 0 Å². The van der Waals surface area contributed by atoms with Crippen LogP contribution in [0, 0.1) is 5.92 Å². The van der Waals surface area contributed by atoms with E-state index >= 15 is 0 Å².